The van der Waals surface area contributed by atoms with E-state index in [1.165, 1.54) is 6.07 Å². The summed E-state index contributed by atoms with van der Waals surface area (Å²) in [5.41, 5.74) is 1.46. The quantitative estimate of drug-likeness (QED) is 0.743. The summed E-state index contributed by atoms with van der Waals surface area (Å²) < 4.78 is 14.3. The van der Waals surface area contributed by atoms with Crippen LogP contribution >= 0.6 is 11.3 Å². The van der Waals surface area contributed by atoms with E-state index in [1.54, 1.807) is 17.4 Å². The summed E-state index contributed by atoms with van der Waals surface area (Å²) in [4.78, 5) is 0. The summed E-state index contributed by atoms with van der Waals surface area (Å²) in [5.74, 6) is -0.323. The van der Waals surface area contributed by atoms with E-state index < -0.39 is 0 Å². The number of rotatable bonds is 1. The fourth-order valence-electron chi connectivity index (χ4n) is 1.34. The Bertz CT molecular complexity index is 447. The second kappa shape index (κ2) is 3.09. The van der Waals surface area contributed by atoms with Crippen LogP contribution in [0.1, 0.15) is 11.1 Å². The summed E-state index contributed by atoms with van der Waals surface area (Å²) in [5, 5.41) is 11.8. The highest BCUT2D eigenvalue weighted by Gasteiger charge is 2.06. The molecule has 1 heterocycles. The smallest absolute Gasteiger partial charge is 0.129 e. The van der Waals surface area contributed by atoms with E-state index in [0.29, 0.717) is 5.56 Å². The predicted octanol–water partition coefficient (Wildman–Crippen LogP) is 2.84. The third-order valence-corrected chi connectivity index (χ3v) is 3.17. The van der Waals surface area contributed by atoms with Crippen molar-refractivity contribution in [3.8, 4) is 0 Å². The van der Waals surface area contributed by atoms with Gasteiger partial charge in [-0.05, 0) is 35.4 Å². The lowest BCUT2D eigenvalue weighted by molar-refractivity contribution is 0.276. The van der Waals surface area contributed by atoms with Gasteiger partial charge in [-0.3, -0.25) is 0 Å². The number of hydrogen-bond acceptors (Lipinski definition) is 2. The topological polar surface area (TPSA) is 20.2 Å². The molecule has 0 radical (unpaired) electrons. The maximum Gasteiger partial charge on any atom is 0.129 e. The van der Waals surface area contributed by atoms with Gasteiger partial charge in [0.25, 0.3) is 0 Å². The number of aliphatic hydroxyl groups is 1. The standard InChI is InChI=1S/C10H9FOS/c1-6-5-13-10-2-7(4-12)9(11)3-8(6)10/h2-3,5,12H,4H2,1H3. The van der Waals surface area contributed by atoms with E-state index >= 15 is 0 Å². The molecule has 68 valence electrons. The van der Waals surface area contributed by atoms with Gasteiger partial charge in [-0.15, -0.1) is 11.3 Å². The molecule has 0 saturated heterocycles. The molecule has 0 bridgehead atoms. The van der Waals surface area contributed by atoms with Gasteiger partial charge in [0.15, 0.2) is 0 Å². The zero-order valence-electron chi connectivity index (χ0n) is 7.17. The van der Waals surface area contributed by atoms with Crippen LogP contribution in [0.3, 0.4) is 0 Å². The molecule has 0 saturated carbocycles. The molecule has 0 aliphatic rings. The van der Waals surface area contributed by atoms with Crippen LogP contribution in [0.4, 0.5) is 4.39 Å². The molecule has 0 atom stereocenters. The van der Waals surface area contributed by atoms with Gasteiger partial charge in [-0.2, -0.15) is 0 Å². The minimum atomic E-state index is -0.323. The lowest BCUT2D eigenvalue weighted by Crippen LogP contribution is -1.88. The fraction of sp³-hybridized carbons (Fsp3) is 0.200. The van der Waals surface area contributed by atoms with Crippen LogP contribution in [0.15, 0.2) is 17.5 Å². The molecule has 13 heavy (non-hydrogen) atoms. The van der Waals surface area contributed by atoms with Crippen LogP contribution in [-0.4, -0.2) is 5.11 Å². The molecule has 0 amide bonds. The van der Waals surface area contributed by atoms with Crippen LogP contribution in [0, 0.1) is 12.7 Å². The highest BCUT2D eigenvalue weighted by molar-refractivity contribution is 7.17. The minimum absolute atomic E-state index is 0.237. The molecule has 1 aromatic heterocycles. The van der Waals surface area contributed by atoms with Crippen molar-refractivity contribution in [3.63, 3.8) is 0 Å². The Labute approximate surface area is 79.4 Å². The SMILES string of the molecule is Cc1csc2cc(CO)c(F)cc12. The van der Waals surface area contributed by atoms with Crippen molar-refractivity contribution in [3.05, 3.63) is 34.5 Å². The summed E-state index contributed by atoms with van der Waals surface area (Å²) >= 11 is 1.57. The second-order valence-electron chi connectivity index (χ2n) is 3.02. The zero-order valence-corrected chi connectivity index (χ0v) is 7.99. The van der Waals surface area contributed by atoms with Crippen LogP contribution in [-0.2, 0) is 6.61 Å². The lowest BCUT2D eigenvalue weighted by atomic mass is 10.1. The molecular formula is C10H9FOS. The molecule has 1 N–H and O–H groups in total. The summed E-state index contributed by atoms with van der Waals surface area (Å²) in [6.07, 6.45) is 0. The third kappa shape index (κ3) is 1.34. The maximum atomic E-state index is 13.2. The van der Waals surface area contributed by atoms with Gasteiger partial charge in [0.2, 0.25) is 0 Å². The van der Waals surface area contributed by atoms with Gasteiger partial charge < -0.3 is 5.11 Å². The molecule has 0 aliphatic heterocycles. The molecule has 0 fully saturated rings. The van der Waals surface area contributed by atoms with E-state index in [9.17, 15) is 4.39 Å². The number of aliphatic hydroxyl groups excluding tert-OH is 1. The molecule has 3 heteroatoms. The average molecular weight is 196 g/mol. The Balaban J connectivity index is 2.76. The zero-order chi connectivity index (χ0) is 9.42. The first-order valence-electron chi connectivity index (χ1n) is 3.99. The summed E-state index contributed by atoms with van der Waals surface area (Å²) in [7, 11) is 0. The predicted molar refractivity (Wildman–Crippen MR) is 52.4 cm³/mol. The Kier molecular flexibility index (Phi) is 2.06. The van der Waals surface area contributed by atoms with E-state index in [2.05, 4.69) is 0 Å². The van der Waals surface area contributed by atoms with Crippen molar-refractivity contribution >= 4 is 21.4 Å². The number of benzene rings is 1. The van der Waals surface area contributed by atoms with Gasteiger partial charge in [-0.1, -0.05) is 0 Å². The van der Waals surface area contributed by atoms with Crippen molar-refractivity contribution in [2.75, 3.05) is 0 Å². The first-order valence-corrected chi connectivity index (χ1v) is 4.87. The van der Waals surface area contributed by atoms with Gasteiger partial charge in [-0.25, -0.2) is 4.39 Å². The Morgan fingerprint density at radius 2 is 2.23 bits per heavy atom. The fourth-order valence-corrected chi connectivity index (χ4v) is 2.33. The molecule has 1 nitrogen and oxygen atoms in total. The number of thiophene rings is 1. The summed E-state index contributed by atoms with van der Waals surface area (Å²) in [6.45, 7) is 1.72. The first kappa shape index (κ1) is 8.66. The lowest BCUT2D eigenvalue weighted by Gasteiger charge is -1.99. The number of hydrogen-bond donors (Lipinski definition) is 1. The van der Waals surface area contributed by atoms with E-state index in [-0.39, 0.29) is 12.4 Å². The van der Waals surface area contributed by atoms with E-state index in [0.717, 1.165) is 15.6 Å². The van der Waals surface area contributed by atoms with Crippen molar-refractivity contribution in [1.82, 2.24) is 0 Å². The highest BCUT2D eigenvalue weighted by atomic mass is 32.1. The van der Waals surface area contributed by atoms with E-state index in [1.807, 2.05) is 12.3 Å². The second-order valence-corrected chi connectivity index (χ2v) is 3.93. The van der Waals surface area contributed by atoms with Gasteiger partial charge in [0.05, 0.1) is 6.61 Å². The maximum absolute atomic E-state index is 13.2. The molecule has 2 rings (SSSR count). The Hall–Kier alpha value is -0.930. The molecule has 2 aromatic rings. The van der Waals surface area contributed by atoms with Crippen molar-refractivity contribution in [2.45, 2.75) is 13.5 Å². The minimum Gasteiger partial charge on any atom is -0.392 e. The molecule has 0 aliphatic carbocycles. The Morgan fingerprint density at radius 1 is 1.46 bits per heavy atom. The van der Waals surface area contributed by atoms with Crippen molar-refractivity contribution in [1.29, 1.82) is 0 Å². The molecule has 1 aromatic carbocycles. The monoisotopic (exact) mass is 196 g/mol. The third-order valence-electron chi connectivity index (χ3n) is 2.11. The molecule has 0 spiro atoms. The van der Waals surface area contributed by atoms with Gasteiger partial charge in [0, 0.05) is 10.3 Å². The number of halogens is 1. The van der Waals surface area contributed by atoms with Gasteiger partial charge >= 0.3 is 0 Å². The molecular weight excluding hydrogens is 187 g/mol. The van der Waals surface area contributed by atoms with Crippen LogP contribution in [0.25, 0.3) is 10.1 Å². The number of fused-ring (bicyclic) bond motifs is 1. The number of aryl methyl sites for hydroxylation is 1. The van der Waals surface area contributed by atoms with Crippen molar-refractivity contribution < 1.29 is 9.50 Å². The normalized spacial score (nSPS) is 11.0. The van der Waals surface area contributed by atoms with Crippen LogP contribution in [0.2, 0.25) is 0 Å². The van der Waals surface area contributed by atoms with Crippen LogP contribution < -0.4 is 0 Å². The van der Waals surface area contributed by atoms with Gasteiger partial charge in [0.1, 0.15) is 5.82 Å². The van der Waals surface area contributed by atoms with Crippen molar-refractivity contribution in [2.24, 2.45) is 0 Å². The van der Waals surface area contributed by atoms with Crippen LogP contribution in [0.5, 0.6) is 0 Å². The average Bonchev–Trinajstić information content (AvgIpc) is 2.47. The van der Waals surface area contributed by atoms with E-state index in [4.69, 9.17) is 5.11 Å². The highest BCUT2D eigenvalue weighted by Crippen LogP contribution is 2.27. The largest absolute Gasteiger partial charge is 0.392 e. The Morgan fingerprint density at radius 3 is 2.92 bits per heavy atom. The molecule has 0 unspecified atom stereocenters. The first-order chi connectivity index (χ1) is 6.22. The summed E-state index contributed by atoms with van der Waals surface area (Å²) in [6, 6.07) is 3.20.